The van der Waals surface area contributed by atoms with E-state index in [4.69, 9.17) is 17.7 Å². The van der Waals surface area contributed by atoms with Crippen LogP contribution in [0.3, 0.4) is 0 Å². The van der Waals surface area contributed by atoms with Gasteiger partial charge in [0, 0.05) is 19.9 Å². The Morgan fingerprint density at radius 1 is 1.22 bits per heavy atom. The van der Waals surface area contributed by atoms with Gasteiger partial charge in [0.15, 0.2) is 0 Å². The normalized spacial score (nSPS) is 12.6. The molecular weight excluding hydrogens is 468 g/mol. The van der Waals surface area contributed by atoms with Gasteiger partial charge in [-0.1, -0.05) is 30.3 Å². The monoisotopic (exact) mass is 500 g/mol. The molecule has 0 aliphatic heterocycles. The molecule has 0 aliphatic carbocycles. The van der Waals surface area contributed by atoms with E-state index in [0.29, 0.717) is 19.4 Å². The van der Waals surface area contributed by atoms with Crippen LogP contribution in [0.25, 0.3) is 10.4 Å². The van der Waals surface area contributed by atoms with Crippen LogP contribution in [0.4, 0.5) is 0 Å². The van der Waals surface area contributed by atoms with Crippen molar-refractivity contribution in [2.45, 2.75) is 50.2 Å². The van der Waals surface area contributed by atoms with Gasteiger partial charge in [-0.2, -0.15) is 4.91 Å². The number of nitrogens with one attached hydrogen (secondary N) is 3. The number of azide groups is 1. The Morgan fingerprint density at radius 3 is 2.53 bits per heavy atom. The Hall–Kier alpha value is -4.27. The highest BCUT2D eigenvalue weighted by Gasteiger charge is 2.30. The van der Waals surface area contributed by atoms with E-state index < -0.39 is 48.4 Å². The fourth-order valence-corrected chi connectivity index (χ4v) is 3.21. The maximum Gasteiger partial charge on any atom is 0.326 e. The van der Waals surface area contributed by atoms with E-state index in [9.17, 15) is 24.3 Å². The van der Waals surface area contributed by atoms with Crippen molar-refractivity contribution in [1.29, 1.82) is 0 Å². The van der Waals surface area contributed by atoms with Gasteiger partial charge in [-0.05, 0) is 30.0 Å². The number of carboxylic acid groups (broad SMARTS) is 1. The summed E-state index contributed by atoms with van der Waals surface area (Å²) in [5.41, 5.74) is 17.1. The highest BCUT2D eigenvalue weighted by Crippen LogP contribution is 2.10. The second-order valence-corrected chi connectivity index (χ2v) is 7.94. The first-order valence-corrected chi connectivity index (χ1v) is 11.3. The molecule has 3 amide bonds. The number of aliphatic carboxylic acids is 1. The van der Waals surface area contributed by atoms with Crippen molar-refractivity contribution in [1.82, 2.24) is 21.0 Å². The first kappa shape index (κ1) is 29.8. The average Bonchev–Trinajstić information content (AvgIpc) is 2.86. The topological polar surface area (TPSA) is 203 Å². The van der Waals surface area contributed by atoms with Gasteiger partial charge in [0.05, 0.1) is 19.1 Å². The minimum Gasteiger partial charge on any atom is -0.480 e. The molecule has 194 valence electrons. The fraction of sp³-hybridized carbons (Fsp3) is 0.478. The number of unbranched alkanes of at least 4 members (excludes halogenated alkanes) is 1. The molecule has 13 nitrogen and oxygen atoms in total. The van der Waals surface area contributed by atoms with Crippen molar-refractivity contribution < 1.29 is 24.3 Å². The minimum atomic E-state index is -1.21. The molecule has 1 aromatic carbocycles. The molecule has 0 saturated heterocycles. The third-order valence-corrected chi connectivity index (χ3v) is 5.29. The third kappa shape index (κ3) is 10.8. The van der Waals surface area contributed by atoms with Crippen LogP contribution in [-0.4, -0.2) is 72.0 Å². The van der Waals surface area contributed by atoms with Crippen LogP contribution in [-0.2, 0) is 25.6 Å². The number of rotatable bonds is 16. The molecule has 0 heterocycles. The van der Waals surface area contributed by atoms with Crippen LogP contribution in [0.2, 0.25) is 0 Å². The van der Waals surface area contributed by atoms with Crippen LogP contribution in [0.1, 0.15) is 31.2 Å². The van der Waals surface area contributed by atoms with E-state index in [2.05, 4.69) is 32.1 Å². The van der Waals surface area contributed by atoms with E-state index in [1.807, 2.05) is 0 Å². The molecule has 36 heavy (non-hydrogen) atoms. The molecule has 6 N–H and O–H groups in total. The van der Waals surface area contributed by atoms with Crippen molar-refractivity contribution in [3.05, 3.63) is 46.3 Å². The van der Waals surface area contributed by atoms with Gasteiger partial charge in [-0.15, -0.1) is 17.9 Å². The van der Waals surface area contributed by atoms with E-state index >= 15 is 0 Å². The number of terminal acetylenes is 1. The Labute approximate surface area is 209 Å². The highest BCUT2D eigenvalue weighted by molar-refractivity contribution is 5.92. The first-order valence-electron chi connectivity index (χ1n) is 11.3. The lowest BCUT2D eigenvalue weighted by molar-refractivity contribution is -0.144. The van der Waals surface area contributed by atoms with Gasteiger partial charge in [0.25, 0.3) is 0 Å². The van der Waals surface area contributed by atoms with Crippen molar-refractivity contribution in [3.8, 4) is 12.3 Å². The molecule has 0 aromatic heterocycles. The van der Waals surface area contributed by atoms with Crippen LogP contribution < -0.4 is 21.8 Å². The van der Waals surface area contributed by atoms with Crippen LogP contribution in [0.15, 0.2) is 35.6 Å². The van der Waals surface area contributed by atoms with Crippen molar-refractivity contribution in [2.75, 3.05) is 20.1 Å². The van der Waals surface area contributed by atoms with Gasteiger partial charge < -0.3 is 26.4 Å². The van der Waals surface area contributed by atoms with E-state index in [1.165, 1.54) is 7.05 Å². The van der Waals surface area contributed by atoms with Gasteiger partial charge in [-0.3, -0.25) is 19.8 Å². The summed E-state index contributed by atoms with van der Waals surface area (Å²) in [6.07, 6.45) is 6.37. The third-order valence-electron chi connectivity index (χ3n) is 5.29. The lowest BCUT2D eigenvalue weighted by Gasteiger charge is -2.29. The molecule has 0 radical (unpaired) electrons. The lowest BCUT2D eigenvalue weighted by atomic mass is 10.0. The van der Waals surface area contributed by atoms with Gasteiger partial charge in [-0.25, -0.2) is 4.79 Å². The van der Waals surface area contributed by atoms with Crippen molar-refractivity contribution >= 4 is 23.7 Å². The summed E-state index contributed by atoms with van der Waals surface area (Å²) in [6.45, 7) is -0.0539. The number of amides is 3. The summed E-state index contributed by atoms with van der Waals surface area (Å²) in [6, 6.07) is 5.75. The van der Waals surface area contributed by atoms with E-state index in [1.54, 1.807) is 30.3 Å². The Kier molecular flexibility index (Phi) is 13.5. The Balaban J connectivity index is 2.89. The smallest absolute Gasteiger partial charge is 0.326 e. The second-order valence-electron chi connectivity index (χ2n) is 7.94. The zero-order valence-corrected chi connectivity index (χ0v) is 20.1. The van der Waals surface area contributed by atoms with Crippen molar-refractivity contribution in [2.24, 2.45) is 11.0 Å². The summed E-state index contributed by atoms with van der Waals surface area (Å²) in [7, 11) is 1.40. The largest absolute Gasteiger partial charge is 0.480 e. The lowest BCUT2D eigenvalue weighted by Crippen LogP contribution is -2.55. The number of carboxylic acids is 1. The Morgan fingerprint density at radius 2 is 1.92 bits per heavy atom. The van der Waals surface area contributed by atoms with Gasteiger partial charge in [0.2, 0.25) is 17.7 Å². The standard InChI is InChI=1S/C23H32N8O5/c1-3-9-17(24)21(33)26-15-20(32)31(2)19(14-16-10-5-4-6-11-16)22(34)28-18(23(35)36)12-7-8-13-27-30-29-25/h1,4-6,10-11,17-19,27H,7-9,12-15,24H2,2H3,(H,26,33)(H,28,34)(H,35,36)/t17-,18+,19+/m1/s1. The first-order chi connectivity index (χ1) is 17.2. The number of nitrogens with zero attached hydrogens (tertiary/aromatic N) is 4. The number of hydrogen-bond acceptors (Lipinski definition) is 6. The number of likely N-dealkylation sites (N-methyl/N-ethyl adjacent to an activating group) is 1. The number of benzene rings is 1. The van der Waals surface area contributed by atoms with Crippen LogP contribution in [0, 0.1) is 12.3 Å². The zero-order chi connectivity index (χ0) is 26.9. The molecule has 0 spiro atoms. The molecule has 3 atom stereocenters. The highest BCUT2D eigenvalue weighted by atomic mass is 16.4. The summed E-state index contributed by atoms with van der Waals surface area (Å²) in [5.74, 6) is -0.757. The molecule has 0 fully saturated rings. The van der Waals surface area contributed by atoms with E-state index in [-0.39, 0.29) is 19.3 Å². The number of hydrogen-bond donors (Lipinski definition) is 5. The maximum atomic E-state index is 13.1. The molecule has 1 rings (SSSR count). The summed E-state index contributed by atoms with van der Waals surface area (Å²) >= 11 is 0. The van der Waals surface area contributed by atoms with Gasteiger partial charge >= 0.3 is 5.97 Å². The molecule has 13 heteroatoms. The second kappa shape index (κ2) is 16.4. The van der Waals surface area contributed by atoms with Gasteiger partial charge in [0.1, 0.15) is 12.1 Å². The molecular formula is C23H32N8O5. The Bertz CT molecular complexity index is 974. The summed E-state index contributed by atoms with van der Waals surface area (Å²) < 4.78 is 0. The quantitative estimate of drug-likeness (QED) is 0.0527. The zero-order valence-electron chi connectivity index (χ0n) is 20.1. The predicted molar refractivity (Wildman–Crippen MR) is 132 cm³/mol. The molecule has 0 aliphatic rings. The fourth-order valence-electron chi connectivity index (χ4n) is 3.21. The predicted octanol–water partition coefficient (Wildman–Crippen LogP) is 0.0775. The SMILES string of the molecule is C#CC[C@@H](N)C(=O)NCC(=O)N(C)[C@@H](Cc1ccccc1)C(=O)N[C@@H](CCCCNN=[N+]=[N-])C(=O)O. The minimum absolute atomic E-state index is 0.00702. The average molecular weight is 501 g/mol. The van der Waals surface area contributed by atoms with E-state index in [0.717, 1.165) is 10.5 Å². The number of nitrogens with two attached hydrogens (primary N) is 1. The summed E-state index contributed by atoms with van der Waals surface area (Å²) in [5, 5.41) is 17.7. The molecule has 0 saturated carbocycles. The molecule has 0 unspecified atom stereocenters. The van der Waals surface area contributed by atoms with Crippen LogP contribution in [0.5, 0.6) is 0 Å². The molecule has 1 aromatic rings. The van der Waals surface area contributed by atoms with Crippen molar-refractivity contribution in [3.63, 3.8) is 0 Å². The number of carbonyl (C=O) groups excluding carboxylic acids is 3. The maximum absolute atomic E-state index is 13.1. The molecule has 0 bridgehead atoms. The van der Waals surface area contributed by atoms with Crippen LogP contribution >= 0.6 is 0 Å². The number of carbonyl (C=O) groups is 4. The summed E-state index contributed by atoms with van der Waals surface area (Å²) in [4.78, 5) is 53.4.